The molecule has 1 aliphatic carbocycles. The first-order valence-corrected chi connectivity index (χ1v) is 8.29. The maximum atomic E-state index is 12.0. The number of carboxylic acids is 1. The van der Waals surface area contributed by atoms with Gasteiger partial charge in [0.05, 0.1) is 12.0 Å². The molecule has 0 spiro atoms. The van der Waals surface area contributed by atoms with Gasteiger partial charge in [0.2, 0.25) is 5.91 Å². The van der Waals surface area contributed by atoms with Crippen molar-refractivity contribution in [2.45, 2.75) is 32.2 Å². The smallest absolute Gasteiger partial charge is 0.310 e. The molecule has 0 radical (unpaired) electrons. The van der Waals surface area contributed by atoms with Crippen molar-refractivity contribution in [3.8, 4) is 10.6 Å². The molecule has 0 saturated heterocycles. The topological polar surface area (TPSA) is 92.2 Å². The van der Waals surface area contributed by atoms with E-state index in [0.29, 0.717) is 17.8 Å². The summed E-state index contributed by atoms with van der Waals surface area (Å²) < 4.78 is 0. The molecule has 0 atom stereocenters. The third kappa shape index (κ3) is 3.39. The molecule has 3 rings (SSSR count). The zero-order valence-electron chi connectivity index (χ0n) is 12.5. The van der Waals surface area contributed by atoms with Gasteiger partial charge in [0.25, 0.3) is 0 Å². The van der Waals surface area contributed by atoms with Gasteiger partial charge < -0.3 is 10.4 Å². The minimum absolute atomic E-state index is 0.0344. The molecule has 0 aliphatic heterocycles. The van der Waals surface area contributed by atoms with E-state index in [-0.39, 0.29) is 18.9 Å². The zero-order valence-corrected chi connectivity index (χ0v) is 13.3. The van der Waals surface area contributed by atoms with Crippen LogP contribution in [0.3, 0.4) is 0 Å². The van der Waals surface area contributed by atoms with Crippen LogP contribution in [0.4, 0.5) is 0 Å². The fourth-order valence-electron chi connectivity index (χ4n) is 2.64. The summed E-state index contributed by atoms with van der Waals surface area (Å²) in [6.45, 7) is 0.277. The van der Waals surface area contributed by atoms with Gasteiger partial charge in [-0.25, -0.2) is 0 Å². The maximum Gasteiger partial charge on any atom is 0.310 e. The highest BCUT2D eigenvalue weighted by Crippen LogP contribution is 2.44. The molecule has 1 aromatic carbocycles. The molecule has 120 valence electrons. The van der Waals surface area contributed by atoms with Gasteiger partial charge in [-0.1, -0.05) is 48.1 Å². The highest BCUT2D eigenvalue weighted by atomic mass is 32.1. The monoisotopic (exact) mass is 331 g/mol. The Morgan fingerprint density at radius 3 is 2.57 bits per heavy atom. The second kappa shape index (κ2) is 6.45. The lowest BCUT2D eigenvalue weighted by molar-refractivity contribution is -0.157. The Morgan fingerprint density at radius 2 is 1.96 bits per heavy atom. The predicted octanol–water partition coefficient (Wildman–Crippen LogP) is 2.47. The van der Waals surface area contributed by atoms with Gasteiger partial charge >= 0.3 is 5.97 Å². The van der Waals surface area contributed by atoms with Gasteiger partial charge in [0, 0.05) is 12.0 Å². The fourth-order valence-corrected chi connectivity index (χ4v) is 3.42. The van der Waals surface area contributed by atoms with Crippen molar-refractivity contribution in [3.05, 3.63) is 35.3 Å². The Kier molecular flexibility index (Phi) is 4.38. The van der Waals surface area contributed by atoms with E-state index in [2.05, 4.69) is 15.5 Å². The second-order valence-electron chi connectivity index (χ2n) is 5.76. The number of rotatable bonds is 6. The molecule has 1 aromatic heterocycles. The maximum absolute atomic E-state index is 12.0. The van der Waals surface area contributed by atoms with E-state index in [4.69, 9.17) is 0 Å². The van der Waals surface area contributed by atoms with Crippen LogP contribution in [0.15, 0.2) is 30.3 Å². The number of carbonyl (C=O) groups is 2. The summed E-state index contributed by atoms with van der Waals surface area (Å²) in [6.07, 6.45) is 2.06. The Balaban J connectivity index is 1.56. The van der Waals surface area contributed by atoms with Crippen molar-refractivity contribution < 1.29 is 14.7 Å². The summed E-state index contributed by atoms with van der Waals surface area (Å²) in [7, 11) is 0. The van der Waals surface area contributed by atoms with Crippen molar-refractivity contribution >= 4 is 23.2 Å². The normalized spacial score (nSPS) is 15.7. The van der Waals surface area contributed by atoms with Crippen molar-refractivity contribution in [3.63, 3.8) is 0 Å². The minimum atomic E-state index is -0.874. The van der Waals surface area contributed by atoms with E-state index in [1.807, 2.05) is 30.3 Å². The molecule has 1 saturated carbocycles. The third-order valence-electron chi connectivity index (χ3n) is 4.19. The van der Waals surface area contributed by atoms with Gasteiger partial charge in [0.15, 0.2) is 0 Å². The molecule has 1 heterocycles. The van der Waals surface area contributed by atoms with Crippen LogP contribution in [-0.2, 0) is 16.1 Å². The second-order valence-corrected chi connectivity index (χ2v) is 6.82. The SMILES string of the molecule is O=C(CC1(C(=O)O)CCC1)NCc1nnc(-c2ccccc2)s1. The Bertz CT molecular complexity index is 710. The zero-order chi connectivity index (χ0) is 16.3. The van der Waals surface area contributed by atoms with Crippen LogP contribution in [0, 0.1) is 5.41 Å². The van der Waals surface area contributed by atoms with Crippen LogP contribution in [0.1, 0.15) is 30.7 Å². The Hall–Kier alpha value is -2.28. The number of aliphatic carboxylic acids is 1. The first-order chi connectivity index (χ1) is 11.1. The van der Waals surface area contributed by atoms with Gasteiger partial charge in [-0.3, -0.25) is 9.59 Å². The first kappa shape index (κ1) is 15.6. The van der Waals surface area contributed by atoms with Gasteiger partial charge in [-0.15, -0.1) is 10.2 Å². The molecule has 7 heteroatoms. The van der Waals surface area contributed by atoms with Crippen LogP contribution in [-0.4, -0.2) is 27.2 Å². The number of hydrogen-bond donors (Lipinski definition) is 2. The average Bonchev–Trinajstić information content (AvgIpc) is 2.98. The lowest BCUT2D eigenvalue weighted by Gasteiger charge is -2.36. The summed E-state index contributed by atoms with van der Waals surface area (Å²) >= 11 is 1.42. The van der Waals surface area contributed by atoms with Gasteiger partial charge in [-0.2, -0.15) is 0 Å². The van der Waals surface area contributed by atoms with Crippen LogP contribution in [0.5, 0.6) is 0 Å². The Labute approximate surface area is 137 Å². The molecule has 0 unspecified atom stereocenters. The van der Waals surface area contributed by atoms with Gasteiger partial charge in [-0.05, 0) is 12.8 Å². The first-order valence-electron chi connectivity index (χ1n) is 7.47. The van der Waals surface area contributed by atoms with Crippen molar-refractivity contribution in [1.82, 2.24) is 15.5 Å². The molecular weight excluding hydrogens is 314 g/mol. The number of benzene rings is 1. The van der Waals surface area contributed by atoms with Crippen LogP contribution < -0.4 is 5.32 Å². The van der Waals surface area contributed by atoms with E-state index >= 15 is 0 Å². The summed E-state index contributed by atoms with van der Waals surface area (Å²) in [6, 6.07) is 9.71. The Morgan fingerprint density at radius 1 is 1.22 bits per heavy atom. The summed E-state index contributed by atoms with van der Waals surface area (Å²) in [4.78, 5) is 23.3. The van der Waals surface area contributed by atoms with Crippen molar-refractivity contribution in [2.75, 3.05) is 0 Å². The summed E-state index contributed by atoms with van der Waals surface area (Å²) in [5.41, 5.74) is 0.127. The molecule has 1 fully saturated rings. The highest BCUT2D eigenvalue weighted by Gasteiger charge is 2.45. The van der Waals surface area contributed by atoms with E-state index in [1.54, 1.807) is 0 Å². The lowest BCUT2D eigenvalue weighted by atomic mass is 9.66. The molecule has 6 nitrogen and oxygen atoms in total. The number of nitrogens with zero attached hydrogens (tertiary/aromatic N) is 2. The van der Waals surface area contributed by atoms with Gasteiger partial charge in [0.1, 0.15) is 10.0 Å². The number of hydrogen-bond acceptors (Lipinski definition) is 5. The summed E-state index contributed by atoms with van der Waals surface area (Å²) in [5, 5.41) is 21.7. The van der Waals surface area contributed by atoms with Crippen LogP contribution in [0.25, 0.3) is 10.6 Å². The van der Waals surface area contributed by atoms with E-state index in [9.17, 15) is 14.7 Å². The number of amides is 1. The molecule has 2 aromatic rings. The van der Waals surface area contributed by atoms with E-state index in [0.717, 1.165) is 17.0 Å². The molecule has 1 amide bonds. The molecule has 23 heavy (non-hydrogen) atoms. The van der Waals surface area contributed by atoms with Crippen LogP contribution >= 0.6 is 11.3 Å². The molecule has 1 aliphatic rings. The quantitative estimate of drug-likeness (QED) is 0.848. The lowest BCUT2D eigenvalue weighted by Crippen LogP contribution is -2.42. The standard InChI is InChI=1S/C16H17N3O3S/c20-12(9-16(15(21)22)7-4-8-16)17-10-13-18-19-14(23-13)11-5-2-1-3-6-11/h1-3,5-6H,4,7-10H2,(H,17,20)(H,21,22). The number of nitrogens with one attached hydrogen (secondary N) is 1. The largest absolute Gasteiger partial charge is 0.481 e. The van der Waals surface area contributed by atoms with Crippen LogP contribution in [0.2, 0.25) is 0 Å². The summed E-state index contributed by atoms with van der Waals surface area (Å²) in [5.74, 6) is -1.12. The third-order valence-corrected chi connectivity index (χ3v) is 5.16. The molecule has 0 bridgehead atoms. The number of aromatic nitrogens is 2. The highest BCUT2D eigenvalue weighted by molar-refractivity contribution is 7.14. The van der Waals surface area contributed by atoms with E-state index < -0.39 is 11.4 Å². The average molecular weight is 331 g/mol. The fraction of sp³-hybridized carbons (Fsp3) is 0.375. The van der Waals surface area contributed by atoms with Crippen molar-refractivity contribution in [2.24, 2.45) is 5.41 Å². The minimum Gasteiger partial charge on any atom is -0.481 e. The molecule has 2 N–H and O–H groups in total. The molecular formula is C16H17N3O3S. The van der Waals surface area contributed by atoms with E-state index in [1.165, 1.54) is 11.3 Å². The number of carbonyl (C=O) groups excluding carboxylic acids is 1. The predicted molar refractivity (Wildman–Crippen MR) is 85.7 cm³/mol. The number of carboxylic acid groups (broad SMARTS) is 1. The van der Waals surface area contributed by atoms with Crippen molar-refractivity contribution in [1.29, 1.82) is 0 Å².